The van der Waals surface area contributed by atoms with Crippen molar-refractivity contribution in [3.8, 4) is 0 Å². The molecule has 0 aliphatic heterocycles. The number of amides is 8. The molecule has 8 amide bonds. The van der Waals surface area contributed by atoms with Gasteiger partial charge in [0.2, 0.25) is 47.3 Å². The van der Waals surface area contributed by atoms with Crippen molar-refractivity contribution in [1.29, 1.82) is 0 Å². The Hall–Kier alpha value is -8.35. The number of para-hydroxylation sites is 1. The number of H-pyrrole nitrogens is 2. The smallest absolute Gasteiger partial charge is 0.305 e. The largest absolute Gasteiger partial charge is 0.481 e. The summed E-state index contributed by atoms with van der Waals surface area (Å²) >= 11 is 0. The molecule has 0 unspecified atom stereocenters. The van der Waals surface area contributed by atoms with Gasteiger partial charge in [-0.2, -0.15) is 0 Å². The number of rotatable bonds is 30. The molecule has 4 rings (SSSR count). The molecule has 388 valence electrons. The molecule has 4 aromatic rings. The number of carboxylic acid groups (broad SMARTS) is 1. The molecule has 0 saturated carbocycles. The van der Waals surface area contributed by atoms with Gasteiger partial charge in [-0.25, -0.2) is 4.98 Å². The predicted molar refractivity (Wildman–Crippen MR) is 264 cm³/mol. The molecule has 2 aromatic heterocycles. The zero-order chi connectivity index (χ0) is 52.7. The van der Waals surface area contributed by atoms with E-state index in [1.54, 1.807) is 42.6 Å². The second-order valence-corrected chi connectivity index (χ2v) is 17.0. The molecule has 7 atom stereocenters. The Morgan fingerprint density at radius 2 is 1.17 bits per heavy atom. The number of aliphatic imine (C=N–C) groups is 1. The van der Waals surface area contributed by atoms with E-state index in [1.807, 2.05) is 25.1 Å². The van der Waals surface area contributed by atoms with E-state index < -0.39 is 102 Å². The predicted octanol–water partition coefficient (Wildman–Crippen LogP) is -2.51. The van der Waals surface area contributed by atoms with Gasteiger partial charge in [0.1, 0.15) is 42.3 Å². The molecule has 0 fully saturated rings. The number of imidazole rings is 1. The first kappa shape index (κ1) is 56.2. The van der Waals surface area contributed by atoms with Gasteiger partial charge in [0.15, 0.2) is 5.96 Å². The van der Waals surface area contributed by atoms with Crippen molar-refractivity contribution in [3.05, 3.63) is 90.1 Å². The lowest BCUT2D eigenvalue weighted by Crippen LogP contribution is -2.61. The van der Waals surface area contributed by atoms with Crippen LogP contribution in [0.2, 0.25) is 0 Å². The second-order valence-electron chi connectivity index (χ2n) is 17.0. The fraction of sp³-hybridized carbons (Fsp3) is 0.426. The van der Waals surface area contributed by atoms with Crippen LogP contribution in [0.3, 0.4) is 0 Å². The van der Waals surface area contributed by atoms with Crippen LogP contribution in [0, 0.1) is 0 Å². The molecule has 18 N–H and O–H groups in total. The molecule has 0 aliphatic rings. The first-order valence-electron chi connectivity index (χ1n) is 23.3. The van der Waals surface area contributed by atoms with Crippen molar-refractivity contribution in [2.45, 2.75) is 114 Å². The van der Waals surface area contributed by atoms with E-state index in [1.165, 1.54) is 19.4 Å². The number of nitrogens with one attached hydrogen (secondary N) is 9. The van der Waals surface area contributed by atoms with E-state index in [0.717, 1.165) is 10.9 Å². The molecule has 72 heavy (non-hydrogen) atoms. The number of carbonyl (C=O) groups is 9. The minimum Gasteiger partial charge on any atom is -0.481 e. The third-order valence-electron chi connectivity index (χ3n) is 11.3. The van der Waals surface area contributed by atoms with E-state index in [0.29, 0.717) is 29.7 Å². The number of guanidine groups is 1. The van der Waals surface area contributed by atoms with Crippen LogP contribution in [0.4, 0.5) is 0 Å². The summed E-state index contributed by atoms with van der Waals surface area (Å²) in [5.74, 6) is -8.44. The summed E-state index contributed by atoms with van der Waals surface area (Å²) in [6, 6.07) is 5.96. The highest BCUT2D eigenvalue weighted by Gasteiger charge is 2.35. The van der Waals surface area contributed by atoms with Gasteiger partial charge in [-0.15, -0.1) is 0 Å². The first-order chi connectivity index (χ1) is 34.4. The number of carboxylic acids is 1. The van der Waals surface area contributed by atoms with Crippen molar-refractivity contribution < 1.29 is 48.3 Å². The topological polar surface area (TPSA) is 419 Å². The lowest BCUT2D eigenvalue weighted by Gasteiger charge is -2.28. The van der Waals surface area contributed by atoms with Crippen molar-refractivity contribution in [2.24, 2.45) is 27.9 Å². The van der Waals surface area contributed by atoms with Gasteiger partial charge in [-0.1, -0.05) is 68.3 Å². The van der Waals surface area contributed by atoms with Crippen LogP contribution in [0.25, 0.3) is 10.9 Å². The Bertz CT molecular complexity index is 2510. The van der Waals surface area contributed by atoms with Gasteiger partial charge in [-0.3, -0.25) is 48.1 Å². The van der Waals surface area contributed by atoms with Crippen LogP contribution in [0.5, 0.6) is 0 Å². The third kappa shape index (κ3) is 18.2. The highest BCUT2D eigenvalue weighted by molar-refractivity contribution is 5.98. The number of aromatic amines is 2. The molecular formula is C47H65N15O10. The minimum atomic E-state index is -1.72. The number of nitrogens with zero attached hydrogens (tertiary/aromatic N) is 2. The Kier molecular flexibility index (Phi) is 22.1. The van der Waals surface area contributed by atoms with Crippen molar-refractivity contribution in [3.63, 3.8) is 0 Å². The number of hydrogen-bond donors (Lipinski definition) is 14. The van der Waals surface area contributed by atoms with Gasteiger partial charge in [0.05, 0.1) is 12.7 Å². The average Bonchev–Trinajstić information content (AvgIpc) is 4.01. The number of aromatic nitrogens is 3. The van der Waals surface area contributed by atoms with Gasteiger partial charge in [0, 0.05) is 68.3 Å². The van der Waals surface area contributed by atoms with Crippen LogP contribution in [-0.2, 0) is 62.4 Å². The highest BCUT2D eigenvalue weighted by atomic mass is 16.4. The van der Waals surface area contributed by atoms with E-state index in [2.05, 4.69) is 57.2 Å². The lowest BCUT2D eigenvalue weighted by molar-refractivity contribution is -0.141. The third-order valence-corrected chi connectivity index (χ3v) is 11.3. The summed E-state index contributed by atoms with van der Waals surface area (Å²) in [6.45, 7) is 2.78. The maximum atomic E-state index is 14.6. The molecule has 0 bridgehead atoms. The van der Waals surface area contributed by atoms with E-state index in [4.69, 9.17) is 22.9 Å². The zero-order valence-electron chi connectivity index (χ0n) is 40.1. The Balaban J connectivity index is 1.67. The Morgan fingerprint density at radius 3 is 1.74 bits per heavy atom. The summed E-state index contributed by atoms with van der Waals surface area (Å²) in [6.07, 6.45) is 4.42. The second kappa shape index (κ2) is 28.3. The fourth-order valence-electron chi connectivity index (χ4n) is 7.57. The van der Waals surface area contributed by atoms with E-state index in [9.17, 15) is 48.3 Å². The standard InChI is InChI=1S/C47H65N15O10/c1-3-4-14-32(56-26(2)63)41(67)61-37(21-39(64)65)46(72)60-36(20-29-24-52-25-55-29)45(71)58-34(18-27-11-6-5-7-12-27)43(69)57-33(16-10-17-53-47(50)51)42(68)59-35(44(70)62-38(22-48)40(49)66)19-28-23-54-31-15-9-8-13-30(28)31/h5-9,11-13,15,23-25,32-38,54H,3-4,10,14,16-22,48H2,1-2H3,(H2,49,66)(H,52,55)(H,56,63)(H,57,69)(H,58,71)(H,59,68)(H,60,72)(H,61,67)(H,62,70)(H,64,65)(H4,50,51,53)/t32-,33-,34+,35-,36-,37-,38-/m0/s1. The van der Waals surface area contributed by atoms with Gasteiger partial charge in [0.25, 0.3) is 0 Å². The van der Waals surface area contributed by atoms with Crippen molar-refractivity contribution >= 4 is 70.1 Å². The number of primary amides is 1. The number of benzene rings is 2. The summed E-state index contributed by atoms with van der Waals surface area (Å²) < 4.78 is 0. The lowest BCUT2D eigenvalue weighted by atomic mass is 10.0. The number of nitrogens with two attached hydrogens (primary N) is 4. The first-order valence-corrected chi connectivity index (χ1v) is 23.3. The van der Waals surface area contributed by atoms with Crippen LogP contribution in [0.1, 0.15) is 69.2 Å². The molecule has 0 radical (unpaired) electrons. The van der Waals surface area contributed by atoms with Crippen LogP contribution >= 0.6 is 0 Å². The molecular weight excluding hydrogens is 935 g/mol. The van der Waals surface area contributed by atoms with Crippen molar-refractivity contribution in [2.75, 3.05) is 13.1 Å². The average molecular weight is 1000 g/mol. The minimum absolute atomic E-state index is 0.0349. The van der Waals surface area contributed by atoms with Crippen LogP contribution < -0.4 is 60.2 Å². The molecule has 0 spiro atoms. The van der Waals surface area contributed by atoms with E-state index >= 15 is 0 Å². The summed E-state index contributed by atoms with van der Waals surface area (Å²) in [5.41, 5.74) is 24.6. The number of aliphatic carboxylic acids is 1. The quantitative estimate of drug-likeness (QED) is 0.0146. The SMILES string of the molecule is CCCC[C@H](NC(C)=O)C(=O)N[C@@H](CC(=O)O)C(=O)N[C@@H](Cc1cnc[nH]1)C(=O)N[C@H](Cc1ccccc1)C(=O)N[C@@H](CCCN=C(N)N)C(=O)N[C@@H](Cc1c[nH]c2ccccc12)C(=O)N[C@@H](CN)C(N)=O. The Morgan fingerprint density at radius 1 is 0.639 bits per heavy atom. The number of hydrogen-bond acceptors (Lipinski definition) is 12. The summed E-state index contributed by atoms with van der Waals surface area (Å²) in [5, 5.41) is 28.5. The Labute approximate surface area is 414 Å². The maximum Gasteiger partial charge on any atom is 0.305 e. The molecule has 2 aromatic carbocycles. The van der Waals surface area contributed by atoms with Crippen molar-refractivity contribution in [1.82, 2.24) is 52.2 Å². The summed E-state index contributed by atoms with van der Waals surface area (Å²) in [4.78, 5) is 135. The molecule has 2 heterocycles. The molecule has 25 heteroatoms. The molecule has 0 aliphatic carbocycles. The molecule has 25 nitrogen and oxygen atoms in total. The molecule has 0 saturated heterocycles. The number of unbranched alkanes of at least 4 members (excludes halogenated alkanes) is 1. The van der Waals surface area contributed by atoms with Gasteiger partial charge < -0.3 is 75.2 Å². The monoisotopic (exact) mass is 1000 g/mol. The zero-order valence-corrected chi connectivity index (χ0v) is 40.1. The van der Waals surface area contributed by atoms with Crippen LogP contribution in [-0.4, -0.2) is 135 Å². The van der Waals surface area contributed by atoms with Gasteiger partial charge in [-0.05, 0) is 36.5 Å². The fourth-order valence-corrected chi connectivity index (χ4v) is 7.57. The summed E-state index contributed by atoms with van der Waals surface area (Å²) in [7, 11) is 0. The number of carbonyl (C=O) groups excluding carboxylic acids is 8. The number of fused-ring (bicyclic) bond motifs is 1. The highest BCUT2D eigenvalue weighted by Crippen LogP contribution is 2.20. The van der Waals surface area contributed by atoms with E-state index in [-0.39, 0.29) is 57.6 Å². The van der Waals surface area contributed by atoms with Crippen LogP contribution in [0.15, 0.2) is 78.3 Å². The maximum absolute atomic E-state index is 14.6. The van der Waals surface area contributed by atoms with Gasteiger partial charge >= 0.3 is 5.97 Å². The normalized spacial score (nSPS) is 13.9.